The minimum Gasteiger partial charge on any atom is -0.508 e. The molecule has 6 N–H and O–H groups in total. The van der Waals surface area contributed by atoms with E-state index in [4.69, 9.17) is 32.6 Å². The number of primary sulfonamides is 1. The van der Waals surface area contributed by atoms with Gasteiger partial charge in [-0.05, 0) is 48.6 Å². The number of fused-ring (bicyclic) bond motifs is 6. The number of nitrogens with zero attached hydrogens (tertiary/aromatic N) is 1. The van der Waals surface area contributed by atoms with Crippen molar-refractivity contribution in [2.24, 2.45) is 10.9 Å². The Labute approximate surface area is 231 Å². The lowest BCUT2D eigenvalue weighted by Gasteiger charge is -2.39. The van der Waals surface area contributed by atoms with Crippen LogP contribution >= 0.6 is 12.2 Å². The summed E-state index contributed by atoms with van der Waals surface area (Å²) < 4.78 is 51.2. The van der Waals surface area contributed by atoms with Crippen LogP contribution in [0.5, 0.6) is 23.0 Å². The minimum atomic E-state index is -4.23. The molecule has 2 aliphatic rings. The summed E-state index contributed by atoms with van der Waals surface area (Å²) in [5.41, 5.74) is 5.22. The maximum Gasteiger partial charge on any atom is 0.340 e. The monoisotopic (exact) mass is 579 g/mol. The van der Waals surface area contributed by atoms with Crippen molar-refractivity contribution in [2.45, 2.75) is 10.5 Å². The Hall–Kier alpha value is -4.72. The number of ether oxygens (including phenoxy) is 2. The summed E-state index contributed by atoms with van der Waals surface area (Å²) in [4.78, 5) is 13.8. The van der Waals surface area contributed by atoms with E-state index in [-0.39, 0.29) is 50.6 Å². The average Bonchev–Trinajstić information content (AvgIpc) is 3.16. The van der Waals surface area contributed by atoms with Gasteiger partial charge in [-0.25, -0.2) is 22.7 Å². The van der Waals surface area contributed by atoms with Gasteiger partial charge in [0.15, 0.2) is 10.7 Å². The molecule has 0 fully saturated rings. The van der Waals surface area contributed by atoms with Gasteiger partial charge in [-0.3, -0.25) is 4.90 Å². The third-order valence-corrected chi connectivity index (χ3v) is 7.80. The van der Waals surface area contributed by atoms with E-state index in [2.05, 4.69) is 0 Å². The van der Waals surface area contributed by atoms with Crippen molar-refractivity contribution in [1.29, 1.82) is 0 Å². The van der Waals surface area contributed by atoms with Crippen molar-refractivity contribution in [3.05, 3.63) is 101 Å². The molecule has 0 saturated heterocycles. The van der Waals surface area contributed by atoms with Gasteiger partial charge < -0.3 is 25.4 Å². The molecule has 40 heavy (non-hydrogen) atoms. The van der Waals surface area contributed by atoms with Gasteiger partial charge in [-0.2, -0.15) is 0 Å². The molecular formula is C27H18FN3O7S2. The number of halogens is 1. The Morgan fingerprint density at radius 1 is 0.925 bits per heavy atom. The topological polar surface area (TPSA) is 165 Å². The van der Waals surface area contributed by atoms with E-state index >= 15 is 4.39 Å². The summed E-state index contributed by atoms with van der Waals surface area (Å²) >= 11 is 5.29. The van der Waals surface area contributed by atoms with Crippen LogP contribution in [0.2, 0.25) is 0 Å². The molecule has 202 valence electrons. The number of benzene rings is 4. The average molecular weight is 580 g/mol. The first-order valence-electron chi connectivity index (χ1n) is 11.6. The number of nitrogens with two attached hydrogens (primary N) is 2. The number of anilines is 2. The van der Waals surface area contributed by atoms with Crippen molar-refractivity contribution < 1.29 is 37.3 Å². The van der Waals surface area contributed by atoms with Crippen LogP contribution in [0, 0.1) is 5.82 Å². The fraction of sp³-hybridized carbons (Fsp3) is 0.0370. The standard InChI is InChI=1S/C27H18FN3O7S2/c28-19-12-15(40(30,35)36)6-8-20(19)31(26(29)39)21-9-14(33)11-23-24(21)27(18-7-5-13(32)10-22(18)37-23)17-4-2-1-3-16(17)25(34)38-27/h1-12,32-33H,(H2,29,39)(H2,30,35,36). The Morgan fingerprint density at radius 2 is 1.65 bits per heavy atom. The molecule has 10 nitrogen and oxygen atoms in total. The lowest BCUT2D eigenvalue weighted by atomic mass is 9.76. The van der Waals surface area contributed by atoms with E-state index in [9.17, 15) is 23.4 Å². The smallest absolute Gasteiger partial charge is 0.340 e. The van der Waals surface area contributed by atoms with Crippen LogP contribution in [-0.4, -0.2) is 29.7 Å². The fourth-order valence-corrected chi connectivity index (χ4v) is 5.87. The number of esters is 1. The number of aromatic hydroxyl groups is 2. The number of carbonyl (C=O) groups excluding carboxylic acids is 1. The molecule has 0 bridgehead atoms. The van der Waals surface area contributed by atoms with E-state index in [0.29, 0.717) is 17.2 Å². The zero-order valence-electron chi connectivity index (χ0n) is 20.2. The highest BCUT2D eigenvalue weighted by atomic mass is 32.2. The van der Waals surface area contributed by atoms with Crippen molar-refractivity contribution >= 4 is 44.7 Å². The Kier molecular flexibility index (Phi) is 5.52. The van der Waals surface area contributed by atoms with Gasteiger partial charge in [-0.1, -0.05) is 18.2 Å². The molecule has 2 heterocycles. The van der Waals surface area contributed by atoms with Gasteiger partial charge >= 0.3 is 5.97 Å². The molecule has 2 aliphatic heterocycles. The first-order valence-corrected chi connectivity index (χ1v) is 13.5. The summed E-state index contributed by atoms with van der Waals surface area (Å²) in [6, 6.07) is 16.3. The van der Waals surface area contributed by atoms with Crippen LogP contribution < -0.4 is 20.5 Å². The Morgan fingerprint density at radius 3 is 2.35 bits per heavy atom. The third-order valence-electron chi connectivity index (χ3n) is 6.70. The van der Waals surface area contributed by atoms with Crippen LogP contribution in [0.25, 0.3) is 0 Å². The fourth-order valence-electron chi connectivity index (χ4n) is 5.15. The lowest BCUT2D eigenvalue weighted by molar-refractivity contribution is 0.0226. The van der Waals surface area contributed by atoms with Gasteiger partial charge in [0.1, 0.15) is 28.8 Å². The molecule has 0 aromatic heterocycles. The molecule has 6 rings (SSSR count). The van der Waals surface area contributed by atoms with Crippen molar-refractivity contribution in [3.63, 3.8) is 0 Å². The second-order valence-corrected chi connectivity index (χ2v) is 11.0. The highest BCUT2D eigenvalue weighted by molar-refractivity contribution is 7.89. The molecule has 1 unspecified atom stereocenters. The number of phenols is 2. The Balaban J connectivity index is 1.70. The predicted molar refractivity (Wildman–Crippen MR) is 145 cm³/mol. The number of thiocarbonyl (C=S) groups is 1. The minimum absolute atomic E-state index is 0.000386. The zero-order chi connectivity index (χ0) is 28.6. The third kappa shape index (κ3) is 3.66. The Bertz CT molecular complexity index is 1900. The van der Waals surface area contributed by atoms with E-state index in [0.717, 1.165) is 17.0 Å². The molecule has 0 saturated carbocycles. The molecule has 13 heteroatoms. The van der Waals surface area contributed by atoms with Gasteiger partial charge in [0.05, 0.1) is 27.4 Å². The van der Waals surface area contributed by atoms with Gasteiger partial charge in [0.2, 0.25) is 10.0 Å². The number of phenolic OH excluding ortho intramolecular Hbond substituents is 2. The number of carbonyl (C=O) groups is 1. The maximum absolute atomic E-state index is 15.5. The molecule has 0 amide bonds. The van der Waals surface area contributed by atoms with E-state index in [1.165, 1.54) is 30.3 Å². The van der Waals surface area contributed by atoms with Crippen molar-refractivity contribution in [1.82, 2.24) is 0 Å². The normalized spacial score (nSPS) is 16.9. The van der Waals surface area contributed by atoms with E-state index < -0.39 is 32.3 Å². The van der Waals surface area contributed by atoms with Crippen LogP contribution in [0.15, 0.2) is 77.7 Å². The number of rotatable bonds is 3. The number of hydrogen-bond acceptors (Lipinski definition) is 8. The maximum atomic E-state index is 15.5. The summed E-state index contributed by atoms with van der Waals surface area (Å²) in [7, 11) is -4.23. The van der Waals surface area contributed by atoms with E-state index in [1.807, 2.05) is 0 Å². The largest absolute Gasteiger partial charge is 0.508 e. The molecule has 1 spiro atoms. The van der Waals surface area contributed by atoms with Crippen molar-refractivity contribution in [2.75, 3.05) is 4.90 Å². The molecule has 4 aromatic carbocycles. The molecule has 0 aliphatic carbocycles. The second kappa shape index (κ2) is 8.64. The first kappa shape index (κ1) is 25.6. The van der Waals surface area contributed by atoms with Gasteiger partial charge in [-0.15, -0.1) is 0 Å². The molecule has 4 aromatic rings. The lowest BCUT2D eigenvalue weighted by Crippen LogP contribution is -2.38. The summed E-state index contributed by atoms with van der Waals surface area (Å²) in [6.07, 6.45) is 0. The highest BCUT2D eigenvalue weighted by Crippen LogP contribution is 2.60. The van der Waals surface area contributed by atoms with Crippen LogP contribution in [0.4, 0.5) is 15.8 Å². The SMILES string of the molecule is NC(=S)N(c1ccc(S(N)(=O)=O)cc1F)c1cc(O)cc2c1C1(OC(=O)c3ccccc31)c1ccc(O)cc1O2. The zero-order valence-corrected chi connectivity index (χ0v) is 21.8. The first-order chi connectivity index (χ1) is 18.9. The predicted octanol–water partition coefficient (Wildman–Crippen LogP) is 3.83. The van der Waals surface area contributed by atoms with Gasteiger partial charge in [0, 0.05) is 29.3 Å². The van der Waals surface area contributed by atoms with Crippen LogP contribution in [0.1, 0.15) is 27.0 Å². The molecule has 1 atom stereocenters. The van der Waals surface area contributed by atoms with Crippen LogP contribution in [0.3, 0.4) is 0 Å². The van der Waals surface area contributed by atoms with Crippen LogP contribution in [-0.2, 0) is 20.4 Å². The van der Waals surface area contributed by atoms with Gasteiger partial charge in [0.25, 0.3) is 0 Å². The second-order valence-electron chi connectivity index (χ2n) is 9.07. The summed E-state index contributed by atoms with van der Waals surface area (Å²) in [5.74, 6) is -2.03. The summed E-state index contributed by atoms with van der Waals surface area (Å²) in [6.45, 7) is 0. The number of hydrogen-bond donors (Lipinski definition) is 4. The molecule has 0 radical (unpaired) electrons. The summed E-state index contributed by atoms with van der Waals surface area (Å²) in [5, 5.41) is 25.6. The van der Waals surface area contributed by atoms with Crippen molar-refractivity contribution in [3.8, 4) is 23.0 Å². The molecular weight excluding hydrogens is 561 g/mol. The quantitative estimate of drug-likeness (QED) is 0.207. The van der Waals surface area contributed by atoms with E-state index in [1.54, 1.807) is 24.3 Å². The highest BCUT2D eigenvalue weighted by Gasteiger charge is 2.55. The number of sulfonamides is 1.